The Morgan fingerprint density at radius 3 is 1.26 bits per heavy atom. The molecule has 82 heavy (non-hydrogen) atoms. The minimum Gasteiger partial charge on any atom is -0.493 e. The van der Waals surface area contributed by atoms with Crippen LogP contribution in [0.3, 0.4) is 0 Å². The Balaban J connectivity index is 0.000000192. The third kappa shape index (κ3) is 20.3. The van der Waals surface area contributed by atoms with E-state index in [2.05, 4.69) is 6.07 Å². The van der Waals surface area contributed by atoms with E-state index in [0.29, 0.717) is 76.1 Å². The van der Waals surface area contributed by atoms with E-state index in [0.717, 1.165) is 40.3 Å². The number of rotatable bonds is 20. The molecular weight excluding hydrogens is 1090 g/mol. The van der Waals surface area contributed by atoms with Crippen molar-refractivity contribution in [3.05, 3.63) is 144 Å². The molecule has 3 fully saturated rings. The number of carbonyl (C=O) groups is 4. The fourth-order valence-electron chi connectivity index (χ4n) is 10.4. The van der Waals surface area contributed by atoms with Gasteiger partial charge in [0.25, 0.3) is 23.6 Å². The fourth-order valence-corrected chi connectivity index (χ4v) is 13.3. The van der Waals surface area contributed by atoms with Crippen molar-refractivity contribution in [2.45, 2.75) is 125 Å². The molecule has 3 aliphatic carbocycles. The summed E-state index contributed by atoms with van der Waals surface area (Å²) in [5.74, 6) is 4.79. The van der Waals surface area contributed by atoms with Crippen molar-refractivity contribution < 1.29 is 46.9 Å². The van der Waals surface area contributed by atoms with Crippen molar-refractivity contribution in [2.24, 2.45) is 23.5 Å². The smallest absolute Gasteiger partial charge is 0.261 e. The summed E-state index contributed by atoms with van der Waals surface area (Å²) in [4.78, 5) is 54.8. The lowest BCUT2D eigenvalue weighted by atomic mass is 9.90. The molecule has 0 bridgehead atoms. The van der Waals surface area contributed by atoms with Gasteiger partial charge in [0.1, 0.15) is 17.2 Å². The summed E-state index contributed by atoms with van der Waals surface area (Å²) < 4.78 is 42.4. The van der Waals surface area contributed by atoms with Crippen molar-refractivity contribution in [1.82, 2.24) is 9.80 Å². The molecule has 5 aromatic rings. The van der Waals surface area contributed by atoms with Gasteiger partial charge >= 0.3 is 0 Å². The highest BCUT2D eigenvalue weighted by molar-refractivity contribution is 7.99. The van der Waals surface area contributed by atoms with Gasteiger partial charge in [0, 0.05) is 65.1 Å². The van der Waals surface area contributed by atoms with Gasteiger partial charge in [0.15, 0.2) is 0 Å². The van der Waals surface area contributed by atoms with Crippen LogP contribution in [-0.2, 0) is 21.6 Å². The molecule has 4 amide bonds. The van der Waals surface area contributed by atoms with E-state index in [1.807, 2.05) is 54.6 Å². The van der Waals surface area contributed by atoms with Gasteiger partial charge < -0.3 is 25.1 Å². The van der Waals surface area contributed by atoms with Gasteiger partial charge in [-0.2, -0.15) is 5.26 Å². The van der Waals surface area contributed by atoms with Crippen molar-refractivity contribution in [2.75, 3.05) is 63.3 Å². The second kappa shape index (κ2) is 35.7. The van der Waals surface area contributed by atoms with Crippen LogP contribution in [-0.4, -0.2) is 110 Å². The van der Waals surface area contributed by atoms with E-state index in [1.165, 1.54) is 113 Å². The van der Waals surface area contributed by atoms with Crippen LogP contribution in [0.25, 0.3) is 0 Å². The van der Waals surface area contributed by atoms with Gasteiger partial charge in [-0.05, 0) is 142 Å². The average molecular weight is 1180 g/mol. The zero-order valence-electron chi connectivity index (χ0n) is 47.7. The maximum absolute atomic E-state index is 12.8. The molecule has 2 aliphatic heterocycles. The topological polar surface area (TPSA) is 207 Å². The first-order valence-electron chi connectivity index (χ1n) is 29.1. The Morgan fingerprint density at radius 2 is 0.878 bits per heavy atom. The number of nitrogens with two attached hydrogens (primary N) is 1. The summed E-state index contributed by atoms with van der Waals surface area (Å²) >= 11 is 1.64. The van der Waals surface area contributed by atoms with Gasteiger partial charge in [-0.1, -0.05) is 100 Å². The summed E-state index contributed by atoms with van der Waals surface area (Å²) in [6, 6.07) is 38.6. The van der Waals surface area contributed by atoms with E-state index in [9.17, 15) is 27.6 Å². The number of benzene rings is 5. The number of nitrogens with zero attached hydrogens (tertiary/aromatic N) is 3. The number of ether oxygens (including phenoxy) is 3. The van der Waals surface area contributed by atoms with E-state index < -0.39 is 21.6 Å². The molecule has 0 aromatic heterocycles. The summed E-state index contributed by atoms with van der Waals surface area (Å²) in [5, 5.41) is 14.9. The predicted molar refractivity (Wildman–Crippen MR) is 326 cm³/mol. The Bertz CT molecular complexity index is 2840. The van der Waals surface area contributed by atoms with E-state index >= 15 is 0 Å². The molecule has 17 heteroatoms. The van der Waals surface area contributed by atoms with Crippen LogP contribution >= 0.6 is 11.8 Å². The quantitative estimate of drug-likeness (QED) is 0.0550. The zero-order chi connectivity index (χ0) is 58.5. The van der Waals surface area contributed by atoms with E-state index in [1.54, 1.807) is 85.4 Å². The Labute approximate surface area is 494 Å². The third-order valence-corrected chi connectivity index (χ3v) is 18.4. The van der Waals surface area contributed by atoms with Crippen LogP contribution in [0.2, 0.25) is 0 Å². The van der Waals surface area contributed by atoms with Crippen molar-refractivity contribution in [3.8, 4) is 23.3 Å². The lowest BCUT2D eigenvalue weighted by molar-refractivity contribution is 0.0648. The summed E-state index contributed by atoms with van der Waals surface area (Å²) in [6.45, 7) is 6.62. The number of aliphatic hydroxyl groups excluding tert-OH is 1. The van der Waals surface area contributed by atoms with Crippen molar-refractivity contribution in [1.29, 1.82) is 5.26 Å². The van der Waals surface area contributed by atoms with Crippen molar-refractivity contribution in [3.63, 3.8) is 0 Å². The van der Waals surface area contributed by atoms with Crippen molar-refractivity contribution >= 4 is 57.0 Å². The second-order valence-corrected chi connectivity index (χ2v) is 25.1. The number of aliphatic hydroxyl groups is 1. The number of hydrogen-bond acceptors (Lipinski definition) is 13. The summed E-state index contributed by atoms with van der Waals surface area (Å²) in [6.07, 6.45) is 19.4. The van der Waals surface area contributed by atoms with Gasteiger partial charge in [-0.15, -0.1) is 11.8 Å². The minimum absolute atomic E-state index is 0.131. The zero-order valence-corrected chi connectivity index (χ0v) is 50.2. The molecule has 5 aromatic carbocycles. The third-order valence-electron chi connectivity index (χ3n) is 14.7. The first-order valence-corrected chi connectivity index (χ1v) is 32.7. The number of fused-ring (bicyclic) bond motifs is 2. The van der Waals surface area contributed by atoms with Gasteiger partial charge in [0.2, 0.25) is 0 Å². The fraction of sp³-hybridized carbons (Fsp3) is 0.462. The molecule has 10 rings (SSSR count). The highest BCUT2D eigenvalue weighted by Gasteiger charge is 2.36. The van der Waals surface area contributed by atoms with Crippen LogP contribution in [0, 0.1) is 29.1 Å². The summed E-state index contributed by atoms with van der Waals surface area (Å²) in [5.41, 5.74) is 7.29. The number of carbonyl (C=O) groups excluding carboxylic acids is 4. The molecule has 14 nitrogen and oxygen atoms in total. The number of amides is 4. The van der Waals surface area contributed by atoms with E-state index in [4.69, 9.17) is 30.3 Å². The van der Waals surface area contributed by atoms with E-state index in [-0.39, 0.29) is 42.5 Å². The molecule has 5 aliphatic rings. The first-order chi connectivity index (χ1) is 40.0. The largest absolute Gasteiger partial charge is 0.493 e. The Hall–Kier alpha value is -6.16. The maximum atomic E-state index is 12.8. The number of thioether (sulfide) groups is 1. The van der Waals surface area contributed by atoms with Crippen LogP contribution in [0.5, 0.6) is 17.2 Å². The molecule has 0 saturated heterocycles. The Morgan fingerprint density at radius 1 is 0.537 bits per heavy atom. The van der Waals surface area contributed by atoms with Crippen LogP contribution < -0.4 is 19.9 Å². The molecule has 0 radical (unpaired) electrons. The first kappa shape index (κ1) is 65.0. The van der Waals surface area contributed by atoms with Gasteiger partial charge in [-0.3, -0.25) is 37.4 Å². The number of nitriles is 1. The molecule has 2 heterocycles. The maximum Gasteiger partial charge on any atom is 0.261 e. The Kier molecular flexibility index (Phi) is 28.3. The monoisotopic (exact) mass is 1170 g/mol. The van der Waals surface area contributed by atoms with Crippen LogP contribution in [0.15, 0.2) is 136 Å². The second-order valence-electron chi connectivity index (χ2n) is 20.8. The average Bonchev–Trinajstić information content (AvgIpc) is 4.03. The lowest BCUT2D eigenvalue weighted by Gasteiger charge is -2.21. The molecule has 3 saturated carbocycles. The molecular formula is C65H82N4O10S3. The van der Waals surface area contributed by atoms with Gasteiger partial charge in [0.05, 0.1) is 69.7 Å². The minimum atomic E-state index is -1.32. The van der Waals surface area contributed by atoms with Crippen LogP contribution in [0.4, 0.5) is 0 Å². The molecule has 440 valence electrons. The lowest BCUT2D eigenvalue weighted by Crippen LogP contribution is -2.33. The van der Waals surface area contributed by atoms with Gasteiger partial charge in [-0.25, -0.2) is 0 Å². The standard InChI is InChI=1S/C23H25NO4S.C23H25NO3S.C15H23NO2S.C2H3N.C2H6O/c25-22-20-11-4-5-12-21(20)23(26)24(22)13-14-29(27)19-10-6-9-18(15-19)28-16-17-7-2-1-3-8-17;25-22-20-11-4-5-12-21(20)23(26)24(22)13-14-28-19-10-6-9-18(15-19)27-16-17-7-2-1-3-8-17;16-9-10-19(17)15-8-4-7-14(11-15)18-12-13-5-2-1-3-6-13;2*1-2-3/h4-6,9-12,15,17H,1-3,7-8,13-14,16H2;4-6,9-12,15,17H,1-3,7-8,13-14,16H2;4,7-8,11,13H,1-3,5-6,9-10,12,16H2;1H3;3H,2H2,1H3. The molecule has 0 spiro atoms. The normalized spacial score (nSPS) is 16.7. The van der Waals surface area contributed by atoms with Crippen LogP contribution in [0.1, 0.15) is 152 Å². The SMILES string of the molecule is CC#N.CCO.NCCS(=O)c1cccc(OCC2CCCCC2)c1.O=C1c2ccccc2C(=O)N1CCS(=O)c1cccc(OCC2CCCCC2)c1.O=C1c2ccccc2C(=O)N1CCSc1cccc(OCC2CCCCC2)c1. The summed E-state index contributed by atoms with van der Waals surface area (Å²) in [7, 11) is -2.33. The predicted octanol–water partition coefficient (Wildman–Crippen LogP) is 12.3. The molecule has 2 unspecified atom stereocenters. The highest BCUT2D eigenvalue weighted by atomic mass is 32.2. The molecule has 2 atom stereocenters. The molecule has 3 N–H and O–H groups in total. The number of imide groups is 2. The number of hydrogen-bond donors (Lipinski definition) is 2. The highest BCUT2D eigenvalue weighted by Crippen LogP contribution is 2.31.